The molecule has 1 aliphatic rings. The Hall–Kier alpha value is -1.75. The number of nitrogens with zero attached hydrogens (tertiary/aromatic N) is 1. The molecule has 0 radical (unpaired) electrons. The van der Waals surface area contributed by atoms with Crippen LogP contribution in [-0.2, 0) is 0 Å². The fourth-order valence-electron chi connectivity index (χ4n) is 2.68. The van der Waals surface area contributed by atoms with Crippen molar-refractivity contribution in [3.63, 3.8) is 0 Å². The molecule has 1 unspecified atom stereocenters. The number of carbonyl (C=O) groups is 1. The molecule has 1 aromatic carbocycles. The van der Waals surface area contributed by atoms with Crippen LogP contribution in [0.3, 0.4) is 0 Å². The van der Waals surface area contributed by atoms with E-state index >= 15 is 0 Å². The molecule has 0 bridgehead atoms. The van der Waals surface area contributed by atoms with E-state index in [-0.39, 0.29) is 29.0 Å². The van der Waals surface area contributed by atoms with E-state index in [2.05, 4.69) is 5.32 Å². The Morgan fingerprint density at radius 3 is 2.65 bits per heavy atom. The number of benzene rings is 1. The second-order valence-corrected chi connectivity index (χ2v) is 5.17. The Balaban J connectivity index is 2.26. The monoisotopic (exact) mass is 278 g/mol. The quantitative estimate of drug-likeness (QED) is 0.784. The number of phenolic OH excluding ortho intramolecular Hbond substituents is 2. The third-order valence-corrected chi connectivity index (χ3v) is 3.67. The van der Waals surface area contributed by atoms with Crippen molar-refractivity contribution in [1.29, 1.82) is 0 Å². The molecule has 20 heavy (non-hydrogen) atoms. The number of hydrogen-bond acceptors (Lipinski definition) is 4. The minimum Gasteiger partial charge on any atom is -0.507 e. The number of amides is 1. The van der Waals surface area contributed by atoms with Crippen LogP contribution in [0.5, 0.6) is 11.5 Å². The summed E-state index contributed by atoms with van der Waals surface area (Å²) in [6, 6.07) is 4.50. The lowest BCUT2D eigenvalue weighted by molar-refractivity contribution is 0.0642. The van der Waals surface area contributed by atoms with Crippen molar-refractivity contribution in [2.24, 2.45) is 0 Å². The molecule has 5 nitrogen and oxygen atoms in total. The van der Waals surface area contributed by atoms with Gasteiger partial charge in [0.25, 0.3) is 5.91 Å². The summed E-state index contributed by atoms with van der Waals surface area (Å²) in [4.78, 5) is 14.4. The van der Waals surface area contributed by atoms with Crippen molar-refractivity contribution in [2.75, 3.05) is 19.6 Å². The highest BCUT2D eigenvalue weighted by molar-refractivity contribution is 5.99. The first-order valence-corrected chi connectivity index (χ1v) is 7.17. The Morgan fingerprint density at radius 1 is 1.40 bits per heavy atom. The zero-order valence-corrected chi connectivity index (χ0v) is 11.8. The second kappa shape index (κ2) is 6.61. The predicted octanol–water partition coefficient (Wildman–Crippen LogP) is 1.70. The van der Waals surface area contributed by atoms with Crippen LogP contribution in [0.25, 0.3) is 0 Å². The zero-order valence-electron chi connectivity index (χ0n) is 11.8. The number of hydrogen-bond donors (Lipinski definition) is 3. The molecule has 2 rings (SSSR count). The van der Waals surface area contributed by atoms with E-state index in [0.29, 0.717) is 6.54 Å². The van der Waals surface area contributed by atoms with E-state index in [1.807, 2.05) is 6.92 Å². The molecule has 0 spiro atoms. The van der Waals surface area contributed by atoms with Crippen LogP contribution in [-0.4, -0.2) is 46.7 Å². The number of piperidine rings is 1. The third-order valence-electron chi connectivity index (χ3n) is 3.67. The minimum absolute atomic E-state index is 0.00604. The maximum Gasteiger partial charge on any atom is 0.261 e. The van der Waals surface area contributed by atoms with Gasteiger partial charge in [0.2, 0.25) is 0 Å². The highest BCUT2D eigenvalue weighted by Crippen LogP contribution is 2.29. The number of nitrogens with one attached hydrogen (secondary N) is 1. The highest BCUT2D eigenvalue weighted by Gasteiger charge is 2.28. The summed E-state index contributed by atoms with van der Waals surface area (Å²) in [6.45, 7) is 4.38. The van der Waals surface area contributed by atoms with Gasteiger partial charge in [0.05, 0.1) is 0 Å². The smallest absolute Gasteiger partial charge is 0.261 e. The van der Waals surface area contributed by atoms with Crippen LogP contribution in [0, 0.1) is 0 Å². The van der Waals surface area contributed by atoms with Crippen LogP contribution in [0.1, 0.15) is 36.5 Å². The summed E-state index contributed by atoms with van der Waals surface area (Å²) in [7, 11) is 0. The second-order valence-electron chi connectivity index (χ2n) is 5.17. The number of phenols is 2. The standard InChI is InChI=1S/C15H22N2O3/c1-2-9-17(11-5-4-8-16-10-11)15(20)14-12(18)6-3-7-13(14)19/h3,6-7,11,16,18-19H,2,4-5,8-10H2,1H3. The van der Waals surface area contributed by atoms with Crippen LogP contribution in [0.4, 0.5) is 0 Å². The van der Waals surface area contributed by atoms with Crippen LogP contribution in [0.15, 0.2) is 18.2 Å². The van der Waals surface area contributed by atoms with E-state index in [4.69, 9.17) is 0 Å². The third kappa shape index (κ3) is 3.04. The summed E-state index contributed by atoms with van der Waals surface area (Å²) in [6.07, 6.45) is 2.83. The molecule has 1 fully saturated rings. The molecule has 1 saturated heterocycles. The fourth-order valence-corrected chi connectivity index (χ4v) is 2.68. The maximum absolute atomic E-state index is 12.7. The lowest BCUT2D eigenvalue weighted by atomic mass is 10.0. The van der Waals surface area contributed by atoms with E-state index < -0.39 is 0 Å². The van der Waals surface area contributed by atoms with Crippen molar-refractivity contribution in [2.45, 2.75) is 32.2 Å². The van der Waals surface area contributed by atoms with Gasteiger partial charge in [0, 0.05) is 19.1 Å². The van der Waals surface area contributed by atoms with Crippen LogP contribution in [0.2, 0.25) is 0 Å². The van der Waals surface area contributed by atoms with Gasteiger partial charge in [0.1, 0.15) is 17.1 Å². The number of carbonyl (C=O) groups excluding carboxylic acids is 1. The first-order chi connectivity index (χ1) is 9.65. The van der Waals surface area contributed by atoms with Gasteiger partial charge < -0.3 is 20.4 Å². The summed E-state index contributed by atoms with van der Waals surface area (Å²) >= 11 is 0. The van der Waals surface area contributed by atoms with Gasteiger partial charge in [-0.15, -0.1) is 0 Å². The Bertz CT molecular complexity index is 450. The lowest BCUT2D eigenvalue weighted by Gasteiger charge is -2.34. The van der Waals surface area contributed by atoms with E-state index in [9.17, 15) is 15.0 Å². The molecule has 0 saturated carbocycles. The molecule has 1 amide bonds. The summed E-state index contributed by atoms with van der Waals surface area (Å²) < 4.78 is 0. The molecule has 5 heteroatoms. The van der Waals surface area contributed by atoms with E-state index in [1.165, 1.54) is 18.2 Å². The molecular weight excluding hydrogens is 256 g/mol. The van der Waals surface area contributed by atoms with Crippen molar-refractivity contribution in [1.82, 2.24) is 10.2 Å². The van der Waals surface area contributed by atoms with Crippen molar-refractivity contribution >= 4 is 5.91 Å². The maximum atomic E-state index is 12.7. The molecular formula is C15H22N2O3. The summed E-state index contributed by atoms with van der Waals surface area (Å²) in [5.74, 6) is -0.629. The molecule has 1 heterocycles. The first-order valence-electron chi connectivity index (χ1n) is 7.17. The largest absolute Gasteiger partial charge is 0.507 e. The van der Waals surface area contributed by atoms with Gasteiger partial charge in [-0.25, -0.2) is 0 Å². The molecule has 1 atom stereocenters. The van der Waals surface area contributed by atoms with Gasteiger partial charge in [-0.2, -0.15) is 0 Å². The minimum atomic E-state index is -0.295. The van der Waals surface area contributed by atoms with E-state index in [0.717, 1.165) is 32.4 Å². The Kier molecular flexibility index (Phi) is 4.84. The van der Waals surface area contributed by atoms with Crippen molar-refractivity contribution in [3.05, 3.63) is 23.8 Å². The summed E-state index contributed by atoms with van der Waals surface area (Å²) in [5, 5.41) is 23.0. The van der Waals surface area contributed by atoms with Crippen molar-refractivity contribution in [3.8, 4) is 11.5 Å². The topological polar surface area (TPSA) is 72.8 Å². The lowest BCUT2D eigenvalue weighted by Crippen LogP contribution is -2.49. The molecule has 110 valence electrons. The van der Waals surface area contributed by atoms with Gasteiger partial charge in [-0.3, -0.25) is 4.79 Å². The SMILES string of the molecule is CCCN(C(=O)c1c(O)cccc1O)C1CCCNC1. The predicted molar refractivity (Wildman–Crippen MR) is 77.0 cm³/mol. The zero-order chi connectivity index (χ0) is 14.5. The van der Waals surface area contributed by atoms with Gasteiger partial charge >= 0.3 is 0 Å². The highest BCUT2D eigenvalue weighted by atomic mass is 16.3. The van der Waals surface area contributed by atoms with Crippen LogP contribution >= 0.6 is 0 Å². The van der Waals surface area contributed by atoms with Crippen LogP contribution < -0.4 is 5.32 Å². The Labute approximate surface area is 119 Å². The molecule has 0 aliphatic carbocycles. The molecule has 3 N–H and O–H groups in total. The molecule has 1 aromatic rings. The summed E-state index contributed by atoms with van der Waals surface area (Å²) in [5.41, 5.74) is 0.00604. The fraction of sp³-hybridized carbons (Fsp3) is 0.533. The molecule has 0 aromatic heterocycles. The Morgan fingerprint density at radius 2 is 2.10 bits per heavy atom. The average Bonchev–Trinajstić information content (AvgIpc) is 2.45. The first kappa shape index (κ1) is 14.7. The van der Waals surface area contributed by atoms with Gasteiger partial charge in [0.15, 0.2) is 0 Å². The normalized spacial score (nSPS) is 18.8. The number of aromatic hydroxyl groups is 2. The average molecular weight is 278 g/mol. The van der Waals surface area contributed by atoms with Gasteiger partial charge in [-0.05, 0) is 37.9 Å². The number of rotatable bonds is 4. The van der Waals surface area contributed by atoms with Crippen molar-refractivity contribution < 1.29 is 15.0 Å². The van der Waals surface area contributed by atoms with Gasteiger partial charge in [-0.1, -0.05) is 13.0 Å². The van der Waals surface area contributed by atoms with E-state index in [1.54, 1.807) is 4.90 Å². The molecule has 1 aliphatic heterocycles.